The molecule has 0 radical (unpaired) electrons. The van der Waals surface area contributed by atoms with Crippen molar-refractivity contribution in [3.8, 4) is 11.5 Å². The molecule has 0 fully saturated rings. The van der Waals surface area contributed by atoms with Crippen molar-refractivity contribution in [2.24, 2.45) is 5.73 Å². The highest BCUT2D eigenvalue weighted by atomic mass is 16.5. The SMILES string of the molecule is NCCCCCc1nc(-c2cn[nH]n2)no1. The zero-order valence-electron chi connectivity index (χ0n) is 8.89. The fourth-order valence-corrected chi connectivity index (χ4v) is 1.37. The van der Waals surface area contributed by atoms with Crippen LogP contribution in [0.4, 0.5) is 0 Å². The molecule has 0 bridgehead atoms. The molecule has 0 saturated heterocycles. The summed E-state index contributed by atoms with van der Waals surface area (Å²) in [5.74, 6) is 1.11. The molecule has 2 aromatic rings. The van der Waals surface area contributed by atoms with Gasteiger partial charge in [0.1, 0.15) is 0 Å². The molecule has 2 aromatic heterocycles. The number of nitrogens with two attached hydrogens (primary N) is 1. The number of rotatable bonds is 6. The molecular formula is C9H14N6O. The van der Waals surface area contributed by atoms with E-state index in [4.69, 9.17) is 10.3 Å². The van der Waals surface area contributed by atoms with Crippen LogP contribution in [0.5, 0.6) is 0 Å². The van der Waals surface area contributed by atoms with Gasteiger partial charge in [-0.2, -0.15) is 20.4 Å². The predicted molar refractivity (Wildman–Crippen MR) is 56.3 cm³/mol. The first-order chi connectivity index (χ1) is 7.90. The van der Waals surface area contributed by atoms with E-state index in [2.05, 4.69) is 25.6 Å². The van der Waals surface area contributed by atoms with Crippen LogP contribution in [0.25, 0.3) is 11.5 Å². The number of aromatic amines is 1. The van der Waals surface area contributed by atoms with Crippen LogP contribution in [0.3, 0.4) is 0 Å². The third-order valence-electron chi connectivity index (χ3n) is 2.21. The Kier molecular flexibility index (Phi) is 3.60. The highest BCUT2D eigenvalue weighted by molar-refractivity contribution is 5.44. The lowest BCUT2D eigenvalue weighted by Gasteiger charge is -1.93. The van der Waals surface area contributed by atoms with E-state index in [9.17, 15) is 0 Å². The molecule has 3 N–H and O–H groups in total. The Balaban J connectivity index is 1.88. The van der Waals surface area contributed by atoms with E-state index < -0.39 is 0 Å². The van der Waals surface area contributed by atoms with Gasteiger partial charge in [0, 0.05) is 6.42 Å². The first kappa shape index (κ1) is 10.7. The van der Waals surface area contributed by atoms with Crippen molar-refractivity contribution in [3.05, 3.63) is 12.1 Å². The molecule has 0 atom stereocenters. The van der Waals surface area contributed by atoms with Crippen molar-refractivity contribution in [3.63, 3.8) is 0 Å². The van der Waals surface area contributed by atoms with Crippen molar-refractivity contribution < 1.29 is 4.52 Å². The molecule has 86 valence electrons. The maximum atomic E-state index is 5.41. The minimum absolute atomic E-state index is 0.475. The van der Waals surface area contributed by atoms with Crippen molar-refractivity contribution in [1.82, 2.24) is 25.6 Å². The summed E-state index contributed by atoms with van der Waals surface area (Å²) in [6.07, 6.45) is 5.47. The topological polar surface area (TPSA) is 107 Å². The van der Waals surface area contributed by atoms with Gasteiger partial charge in [0.25, 0.3) is 0 Å². The normalized spacial score (nSPS) is 10.8. The molecule has 2 rings (SSSR count). The van der Waals surface area contributed by atoms with Gasteiger partial charge >= 0.3 is 0 Å². The summed E-state index contributed by atoms with van der Waals surface area (Å²) in [6, 6.07) is 0. The van der Waals surface area contributed by atoms with Gasteiger partial charge in [-0.3, -0.25) is 0 Å². The fraction of sp³-hybridized carbons (Fsp3) is 0.556. The monoisotopic (exact) mass is 222 g/mol. The second-order valence-electron chi connectivity index (χ2n) is 3.47. The molecule has 0 aromatic carbocycles. The Morgan fingerprint density at radius 3 is 3.00 bits per heavy atom. The quantitative estimate of drug-likeness (QED) is 0.690. The Bertz CT molecular complexity index is 409. The fourth-order valence-electron chi connectivity index (χ4n) is 1.37. The van der Waals surface area contributed by atoms with Gasteiger partial charge in [0.15, 0.2) is 5.69 Å². The van der Waals surface area contributed by atoms with Crippen LogP contribution < -0.4 is 5.73 Å². The second-order valence-corrected chi connectivity index (χ2v) is 3.47. The summed E-state index contributed by atoms with van der Waals surface area (Å²) in [4.78, 5) is 4.22. The maximum absolute atomic E-state index is 5.41. The Labute approximate surface area is 92.4 Å². The molecule has 0 aliphatic carbocycles. The predicted octanol–water partition coefficient (Wildman–Crippen LogP) is 0.526. The molecule has 0 spiro atoms. The Morgan fingerprint density at radius 2 is 2.25 bits per heavy atom. The minimum Gasteiger partial charge on any atom is -0.339 e. The smallest absolute Gasteiger partial charge is 0.227 e. The third kappa shape index (κ3) is 2.63. The average molecular weight is 222 g/mol. The van der Waals surface area contributed by atoms with Crippen molar-refractivity contribution >= 4 is 0 Å². The van der Waals surface area contributed by atoms with Gasteiger partial charge in [0.05, 0.1) is 6.20 Å². The molecule has 0 aliphatic heterocycles. The number of hydrogen-bond acceptors (Lipinski definition) is 6. The third-order valence-corrected chi connectivity index (χ3v) is 2.21. The van der Waals surface area contributed by atoms with Gasteiger partial charge in [-0.05, 0) is 19.4 Å². The number of unbranched alkanes of at least 4 members (excludes halogenated alkanes) is 2. The molecule has 0 saturated carbocycles. The molecular weight excluding hydrogens is 208 g/mol. The number of aromatic nitrogens is 5. The molecule has 7 heteroatoms. The number of nitrogens with zero attached hydrogens (tertiary/aromatic N) is 4. The highest BCUT2D eigenvalue weighted by Crippen LogP contribution is 2.12. The van der Waals surface area contributed by atoms with Crippen LogP contribution >= 0.6 is 0 Å². The summed E-state index contributed by atoms with van der Waals surface area (Å²) in [6.45, 7) is 0.730. The summed E-state index contributed by atoms with van der Waals surface area (Å²) in [7, 11) is 0. The van der Waals surface area contributed by atoms with E-state index in [1.165, 1.54) is 0 Å². The molecule has 16 heavy (non-hydrogen) atoms. The van der Waals surface area contributed by atoms with Gasteiger partial charge in [-0.15, -0.1) is 0 Å². The lowest BCUT2D eigenvalue weighted by atomic mass is 10.2. The summed E-state index contributed by atoms with van der Waals surface area (Å²) in [5.41, 5.74) is 6.00. The van der Waals surface area contributed by atoms with Gasteiger partial charge in [-0.25, -0.2) is 0 Å². The molecule has 0 amide bonds. The summed E-state index contributed by atoms with van der Waals surface area (Å²) >= 11 is 0. The van der Waals surface area contributed by atoms with Crippen molar-refractivity contribution in [2.75, 3.05) is 6.54 Å². The molecule has 0 aliphatic rings. The van der Waals surface area contributed by atoms with Crippen LogP contribution in [0.2, 0.25) is 0 Å². The van der Waals surface area contributed by atoms with Crippen LogP contribution in [-0.4, -0.2) is 32.1 Å². The van der Waals surface area contributed by atoms with Gasteiger partial charge < -0.3 is 10.3 Å². The van der Waals surface area contributed by atoms with Crippen LogP contribution in [0.1, 0.15) is 25.2 Å². The lowest BCUT2D eigenvalue weighted by molar-refractivity contribution is 0.374. The second kappa shape index (κ2) is 5.36. The molecule has 2 heterocycles. The van der Waals surface area contributed by atoms with E-state index in [1.54, 1.807) is 6.20 Å². The standard InChI is InChI=1S/C9H14N6O/c10-5-3-1-2-4-8-12-9(14-16-8)7-6-11-15-13-7/h6H,1-5,10H2,(H,11,13,15). The minimum atomic E-state index is 0.475. The Hall–Kier alpha value is -1.76. The molecule has 7 nitrogen and oxygen atoms in total. The lowest BCUT2D eigenvalue weighted by Crippen LogP contribution is -1.98. The zero-order valence-corrected chi connectivity index (χ0v) is 8.89. The summed E-state index contributed by atoms with van der Waals surface area (Å²) in [5, 5.41) is 13.9. The van der Waals surface area contributed by atoms with E-state index in [0.29, 0.717) is 17.4 Å². The van der Waals surface area contributed by atoms with Crippen LogP contribution in [-0.2, 0) is 6.42 Å². The first-order valence-corrected chi connectivity index (χ1v) is 5.29. The number of H-pyrrole nitrogens is 1. The van der Waals surface area contributed by atoms with Gasteiger partial charge in [-0.1, -0.05) is 11.6 Å². The van der Waals surface area contributed by atoms with Crippen LogP contribution in [0, 0.1) is 0 Å². The largest absolute Gasteiger partial charge is 0.339 e. The zero-order chi connectivity index (χ0) is 11.2. The van der Waals surface area contributed by atoms with Gasteiger partial charge in [0.2, 0.25) is 11.7 Å². The number of nitrogens with one attached hydrogen (secondary N) is 1. The highest BCUT2D eigenvalue weighted by Gasteiger charge is 2.10. The van der Waals surface area contributed by atoms with E-state index in [-0.39, 0.29) is 0 Å². The van der Waals surface area contributed by atoms with Crippen molar-refractivity contribution in [2.45, 2.75) is 25.7 Å². The van der Waals surface area contributed by atoms with E-state index in [0.717, 1.165) is 32.2 Å². The van der Waals surface area contributed by atoms with Crippen LogP contribution in [0.15, 0.2) is 10.7 Å². The van der Waals surface area contributed by atoms with E-state index in [1.807, 2.05) is 0 Å². The summed E-state index contributed by atoms with van der Waals surface area (Å²) < 4.78 is 5.09. The number of hydrogen-bond donors (Lipinski definition) is 2. The van der Waals surface area contributed by atoms with Crippen molar-refractivity contribution in [1.29, 1.82) is 0 Å². The first-order valence-electron chi connectivity index (χ1n) is 5.29. The number of aryl methyl sites for hydroxylation is 1. The average Bonchev–Trinajstić information content (AvgIpc) is 2.94. The Morgan fingerprint density at radius 1 is 1.31 bits per heavy atom. The van der Waals surface area contributed by atoms with E-state index >= 15 is 0 Å². The maximum Gasteiger partial charge on any atom is 0.227 e. The molecule has 0 unspecified atom stereocenters.